The van der Waals surface area contributed by atoms with Gasteiger partial charge in [-0.15, -0.1) is 0 Å². The van der Waals surface area contributed by atoms with E-state index in [-0.39, 0.29) is 16.1 Å². The molecule has 6 heteroatoms. The van der Waals surface area contributed by atoms with Crippen LogP contribution in [0.1, 0.15) is 15.9 Å². The molecule has 0 saturated carbocycles. The van der Waals surface area contributed by atoms with Gasteiger partial charge in [-0.1, -0.05) is 30.3 Å². The fraction of sp³-hybridized carbons (Fsp3) is 0. The molecule has 0 aromatic heterocycles. The second-order valence-electron chi connectivity index (χ2n) is 3.92. The molecular weight excluding hydrogens is 266 g/mol. The van der Waals surface area contributed by atoms with E-state index in [0.29, 0.717) is 5.56 Å². The van der Waals surface area contributed by atoms with Crippen molar-refractivity contribution in [3.05, 3.63) is 59.7 Å². The Balaban J connectivity index is 2.54. The summed E-state index contributed by atoms with van der Waals surface area (Å²) in [6.07, 6.45) is 0. The van der Waals surface area contributed by atoms with Crippen LogP contribution in [0.25, 0.3) is 0 Å². The van der Waals surface area contributed by atoms with E-state index in [4.69, 9.17) is 10.3 Å². The highest BCUT2D eigenvalue weighted by atomic mass is 32.2. The first-order valence-electron chi connectivity index (χ1n) is 5.36. The fourth-order valence-electron chi connectivity index (χ4n) is 1.64. The van der Waals surface area contributed by atoms with Gasteiger partial charge < -0.3 is 5.73 Å². The molecule has 5 nitrogen and oxygen atoms in total. The molecule has 0 aliphatic heterocycles. The molecule has 2 aromatic rings. The van der Waals surface area contributed by atoms with Crippen molar-refractivity contribution in [1.29, 1.82) is 0 Å². The molecule has 19 heavy (non-hydrogen) atoms. The lowest BCUT2D eigenvalue weighted by molar-refractivity contribution is 0.103. The maximum absolute atomic E-state index is 12.2. The van der Waals surface area contributed by atoms with E-state index >= 15 is 0 Å². The number of benzene rings is 2. The summed E-state index contributed by atoms with van der Waals surface area (Å²) < 4.78 is 31.1. The summed E-state index contributed by atoms with van der Waals surface area (Å²) in [5, 5.41) is 0. The van der Waals surface area contributed by atoms with Crippen LogP contribution in [0.5, 0.6) is 0 Å². The van der Waals surface area contributed by atoms with Gasteiger partial charge in [0.15, 0.2) is 5.78 Å². The van der Waals surface area contributed by atoms with Crippen LogP contribution in [0, 0.1) is 0 Å². The van der Waals surface area contributed by atoms with Gasteiger partial charge in [0.05, 0.1) is 4.90 Å². The Morgan fingerprint density at radius 1 is 1.05 bits per heavy atom. The lowest BCUT2D eigenvalue weighted by atomic mass is 10.0. The number of rotatable bonds is 3. The summed E-state index contributed by atoms with van der Waals surface area (Å²) in [6.45, 7) is 0. The Kier molecular flexibility index (Phi) is 3.37. The van der Waals surface area contributed by atoms with E-state index in [9.17, 15) is 13.2 Å². The molecule has 0 saturated heterocycles. The maximum Gasteiger partial charge on any atom is 0.294 e. The van der Waals surface area contributed by atoms with Gasteiger partial charge in [-0.05, 0) is 18.2 Å². The van der Waals surface area contributed by atoms with Gasteiger partial charge in [-0.2, -0.15) is 8.42 Å². The standard InChI is InChI=1S/C13H11NO4S/c14-12-7-6-10(19(16,17)18)8-11(12)13(15)9-4-2-1-3-5-9/h1-8H,14H2,(H,16,17,18). The van der Waals surface area contributed by atoms with Gasteiger partial charge in [0.25, 0.3) is 10.1 Å². The number of anilines is 1. The predicted octanol–water partition coefficient (Wildman–Crippen LogP) is 1.75. The van der Waals surface area contributed by atoms with Gasteiger partial charge >= 0.3 is 0 Å². The molecule has 3 N–H and O–H groups in total. The van der Waals surface area contributed by atoms with Crippen molar-refractivity contribution in [2.45, 2.75) is 4.90 Å². The van der Waals surface area contributed by atoms with Crippen molar-refractivity contribution in [2.24, 2.45) is 0 Å². The summed E-state index contributed by atoms with van der Waals surface area (Å²) in [7, 11) is -4.37. The quantitative estimate of drug-likeness (QED) is 0.506. The van der Waals surface area contributed by atoms with Crippen molar-refractivity contribution in [2.75, 3.05) is 5.73 Å². The van der Waals surface area contributed by atoms with Crippen LogP contribution in [0.15, 0.2) is 53.4 Å². The summed E-state index contributed by atoms with van der Waals surface area (Å²) in [6, 6.07) is 11.8. The van der Waals surface area contributed by atoms with Gasteiger partial charge in [0, 0.05) is 16.8 Å². The number of carbonyl (C=O) groups excluding carboxylic acids is 1. The van der Waals surface area contributed by atoms with E-state index in [2.05, 4.69) is 0 Å². The first-order valence-corrected chi connectivity index (χ1v) is 6.80. The van der Waals surface area contributed by atoms with Crippen molar-refractivity contribution in [1.82, 2.24) is 0 Å². The molecule has 98 valence electrons. The number of hydrogen-bond acceptors (Lipinski definition) is 4. The third-order valence-electron chi connectivity index (χ3n) is 2.60. The molecule has 0 heterocycles. The molecule has 0 unspecified atom stereocenters. The van der Waals surface area contributed by atoms with E-state index in [1.165, 1.54) is 6.07 Å². The van der Waals surface area contributed by atoms with Crippen LogP contribution in [0.2, 0.25) is 0 Å². The largest absolute Gasteiger partial charge is 0.398 e. The second kappa shape index (κ2) is 4.83. The molecule has 0 aliphatic carbocycles. The first kappa shape index (κ1) is 13.3. The highest BCUT2D eigenvalue weighted by Gasteiger charge is 2.17. The minimum Gasteiger partial charge on any atom is -0.398 e. The van der Waals surface area contributed by atoms with Gasteiger partial charge in [0.1, 0.15) is 0 Å². The van der Waals surface area contributed by atoms with Gasteiger partial charge in [-0.25, -0.2) is 0 Å². The Morgan fingerprint density at radius 3 is 2.26 bits per heavy atom. The van der Waals surface area contributed by atoms with Crippen molar-refractivity contribution in [3.8, 4) is 0 Å². The molecule has 2 rings (SSSR count). The van der Waals surface area contributed by atoms with E-state index in [0.717, 1.165) is 12.1 Å². The highest BCUT2D eigenvalue weighted by molar-refractivity contribution is 7.85. The number of nitrogens with two attached hydrogens (primary N) is 1. The highest BCUT2D eigenvalue weighted by Crippen LogP contribution is 2.21. The van der Waals surface area contributed by atoms with Crippen LogP contribution in [0.4, 0.5) is 5.69 Å². The molecule has 2 aromatic carbocycles. The lowest BCUT2D eigenvalue weighted by Crippen LogP contribution is -2.08. The van der Waals surface area contributed by atoms with Crippen LogP contribution in [-0.2, 0) is 10.1 Å². The minimum absolute atomic E-state index is 0.0429. The predicted molar refractivity (Wildman–Crippen MR) is 70.5 cm³/mol. The Labute approximate surface area is 110 Å². The van der Waals surface area contributed by atoms with Crippen molar-refractivity contribution in [3.63, 3.8) is 0 Å². The Bertz CT molecular complexity index is 724. The molecule has 0 aliphatic rings. The third-order valence-corrected chi connectivity index (χ3v) is 3.45. The summed E-state index contributed by atoms with van der Waals surface area (Å²) >= 11 is 0. The van der Waals surface area contributed by atoms with Crippen LogP contribution in [-0.4, -0.2) is 18.8 Å². The minimum atomic E-state index is -4.37. The number of hydrogen-bond donors (Lipinski definition) is 2. The smallest absolute Gasteiger partial charge is 0.294 e. The monoisotopic (exact) mass is 277 g/mol. The van der Waals surface area contributed by atoms with Crippen molar-refractivity contribution < 1.29 is 17.8 Å². The normalized spacial score (nSPS) is 11.2. The molecule has 0 spiro atoms. The molecule has 0 atom stereocenters. The van der Waals surface area contributed by atoms with Crippen LogP contribution in [0.3, 0.4) is 0 Å². The van der Waals surface area contributed by atoms with Crippen LogP contribution >= 0.6 is 0 Å². The van der Waals surface area contributed by atoms with Crippen LogP contribution < -0.4 is 5.73 Å². The molecule has 0 amide bonds. The Morgan fingerprint density at radius 2 is 1.68 bits per heavy atom. The fourth-order valence-corrected chi connectivity index (χ4v) is 2.14. The molecular formula is C13H11NO4S. The van der Waals surface area contributed by atoms with E-state index < -0.39 is 15.9 Å². The number of ketones is 1. The maximum atomic E-state index is 12.2. The number of nitrogen functional groups attached to an aromatic ring is 1. The molecule has 0 bridgehead atoms. The number of carbonyl (C=O) groups is 1. The average molecular weight is 277 g/mol. The summed E-state index contributed by atoms with van der Waals surface area (Å²) in [5.41, 5.74) is 6.26. The first-order chi connectivity index (χ1) is 8.89. The third kappa shape index (κ3) is 2.81. The second-order valence-corrected chi connectivity index (χ2v) is 5.34. The van der Waals surface area contributed by atoms with Gasteiger partial charge in [0.2, 0.25) is 0 Å². The van der Waals surface area contributed by atoms with E-state index in [1.54, 1.807) is 30.3 Å². The molecule has 0 fully saturated rings. The summed E-state index contributed by atoms with van der Waals surface area (Å²) in [4.78, 5) is 11.8. The summed E-state index contributed by atoms with van der Waals surface area (Å²) in [5.74, 6) is -0.399. The zero-order valence-electron chi connectivity index (χ0n) is 9.78. The Hall–Kier alpha value is -2.18. The van der Waals surface area contributed by atoms with Crippen molar-refractivity contribution >= 4 is 21.6 Å². The van der Waals surface area contributed by atoms with E-state index in [1.807, 2.05) is 0 Å². The van der Waals surface area contributed by atoms with Gasteiger partial charge in [-0.3, -0.25) is 9.35 Å². The zero-order valence-corrected chi connectivity index (χ0v) is 10.6. The lowest BCUT2D eigenvalue weighted by Gasteiger charge is -2.06. The topological polar surface area (TPSA) is 97.5 Å². The zero-order chi connectivity index (χ0) is 14.0. The average Bonchev–Trinajstić information content (AvgIpc) is 2.38. The SMILES string of the molecule is Nc1ccc(S(=O)(=O)O)cc1C(=O)c1ccccc1. The molecule has 0 radical (unpaired) electrons.